The molecule has 0 aliphatic rings. The molecule has 1 unspecified atom stereocenters. The number of nitrogens with one attached hydrogen (secondary N) is 1. The maximum absolute atomic E-state index is 10.9. The Morgan fingerprint density at radius 3 is 2.29 bits per heavy atom. The Morgan fingerprint density at radius 2 is 1.93 bits per heavy atom. The first kappa shape index (κ1) is 12.9. The molecular weight excluding hydrogens is 182 g/mol. The Hall–Kier alpha value is -1.06. The summed E-state index contributed by atoms with van der Waals surface area (Å²) in [6.45, 7) is 5.92. The number of hydrogen-bond donors (Lipinski definition) is 2. The molecule has 0 aromatic rings. The largest absolute Gasteiger partial charge is 0.481 e. The highest BCUT2D eigenvalue weighted by Gasteiger charge is 2.18. The minimum atomic E-state index is -0.838. The summed E-state index contributed by atoms with van der Waals surface area (Å²) in [5.74, 6) is -1.07. The first-order valence-electron chi connectivity index (χ1n) is 4.96. The lowest BCUT2D eigenvalue weighted by molar-refractivity contribution is -0.142. The topological polar surface area (TPSA) is 66.4 Å². The molecule has 0 aromatic heterocycles. The van der Waals surface area contributed by atoms with E-state index in [1.807, 2.05) is 13.8 Å². The minimum Gasteiger partial charge on any atom is -0.481 e. The molecule has 0 fully saturated rings. The van der Waals surface area contributed by atoms with E-state index < -0.39 is 11.9 Å². The van der Waals surface area contributed by atoms with Gasteiger partial charge in [0.15, 0.2) is 0 Å². The van der Waals surface area contributed by atoms with Crippen LogP contribution in [0.3, 0.4) is 0 Å². The summed E-state index contributed by atoms with van der Waals surface area (Å²) in [4.78, 5) is 21.7. The minimum absolute atomic E-state index is 0.0972. The van der Waals surface area contributed by atoms with Gasteiger partial charge in [0, 0.05) is 13.0 Å². The molecule has 0 bridgehead atoms. The Kier molecular flexibility index (Phi) is 5.92. The fourth-order valence-electron chi connectivity index (χ4n) is 1.20. The number of carbonyl (C=O) groups excluding carboxylic acids is 1. The van der Waals surface area contributed by atoms with Gasteiger partial charge < -0.3 is 10.4 Å². The van der Waals surface area contributed by atoms with Gasteiger partial charge >= 0.3 is 5.97 Å². The number of amides is 1. The Morgan fingerprint density at radius 1 is 1.36 bits per heavy atom. The fraction of sp³-hybridized carbons (Fsp3) is 0.800. The van der Waals surface area contributed by atoms with Gasteiger partial charge in [-0.2, -0.15) is 0 Å². The lowest BCUT2D eigenvalue weighted by Gasteiger charge is -2.14. The highest BCUT2D eigenvalue weighted by molar-refractivity contribution is 5.77. The van der Waals surface area contributed by atoms with Crippen molar-refractivity contribution in [2.75, 3.05) is 6.54 Å². The van der Waals surface area contributed by atoms with Gasteiger partial charge in [0.1, 0.15) is 0 Å². The molecule has 4 heteroatoms. The van der Waals surface area contributed by atoms with E-state index in [2.05, 4.69) is 5.32 Å². The van der Waals surface area contributed by atoms with Crippen molar-refractivity contribution in [1.29, 1.82) is 0 Å². The van der Waals surface area contributed by atoms with Crippen molar-refractivity contribution in [2.24, 2.45) is 11.8 Å². The number of hydrogen-bond acceptors (Lipinski definition) is 2. The van der Waals surface area contributed by atoms with E-state index in [4.69, 9.17) is 5.11 Å². The number of aliphatic carboxylic acids is 1. The molecule has 0 spiro atoms. The smallest absolute Gasteiger partial charge is 0.308 e. The van der Waals surface area contributed by atoms with Crippen LogP contribution in [0.5, 0.6) is 0 Å². The zero-order chi connectivity index (χ0) is 11.1. The van der Waals surface area contributed by atoms with Crippen LogP contribution in [0, 0.1) is 11.8 Å². The van der Waals surface area contributed by atoms with E-state index >= 15 is 0 Å². The second kappa shape index (κ2) is 6.40. The summed E-state index contributed by atoms with van der Waals surface area (Å²) in [5.41, 5.74) is 0. The predicted octanol–water partition coefficient (Wildman–Crippen LogP) is 1.26. The van der Waals surface area contributed by atoms with Crippen LogP contribution in [-0.4, -0.2) is 23.5 Å². The quantitative estimate of drug-likeness (QED) is 0.680. The third kappa shape index (κ3) is 5.56. The summed E-state index contributed by atoms with van der Waals surface area (Å²) < 4.78 is 0. The molecule has 0 aliphatic heterocycles. The van der Waals surface area contributed by atoms with Crippen molar-refractivity contribution in [3.8, 4) is 0 Å². The van der Waals surface area contributed by atoms with Crippen LogP contribution in [-0.2, 0) is 9.59 Å². The van der Waals surface area contributed by atoms with Crippen molar-refractivity contribution in [3.63, 3.8) is 0 Å². The molecule has 82 valence electrons. The van der Waals surface area contributed by atoms with Gasteiger partial charge in [-0.3, -0.25) is 9.59 Å². The van der Waals surface area contributed by atoms with Crippen molar-refractivity contribution in [1.82, 2.24) is 5.32 Å². The van der Waals surface area contributed by atoms with Crippen LogP contribution in [0.2, 0.25) is 0 Å². The van der Waals surface area contributed by atoms with Crippen LogP contribution < -0.4 is 5.32 Å². The summed E-state index contributed by atoms with van der Waals surface area (Å²) in [6, 6.07) is 0. The molecule has 0 rings (SSSR count). The predicted molar refractivity (Wildman–Crippen MR) is 53.9 cm³/mol. The molecule has 14 heavy (non-hydrogen) atoms. The zero-order valence-corrected chi connectivity index (χ0v) is 9.04. The fourth-order valence-corrected chi connectivity index (χ4v) is 1.20. The Bertz CT molecular complexity index is 202. The maximum atomic E-state index is 10.9. The standard InChI is InChI=1S/C10H19NO3/c1-4-9(12)11-6-8(10(13)14)5-7(2)3/h7-8H,4-6H2,1-3H3,(H,11,12)(H,13,14). The molecule has 0 saturated carbocycles. The van der Waals surface area contributed by atoms with Crippen LogP contribution >= 0.6 is 0 Å². The zero-order valence-electron chi connectivity index (χ0n) is 9.04. The SMILES string of the molecule is CCC(=O)NCC(CC(C)C)C(=O)O. The molecule has 0 saturated heterocycles. The normalized spacial score (nSPS) is 12.6. The van der Waals surface area contributed by atoms with Crippen molar-refractivity contribution < 1.29 is 14.7 Å². The van der Waals surface area contributed by atoms with Gasteiger partial charge in [-0.25, -0.2) is 0 Å². The lowest BCUT2D eigenvalue weighted by atomic mass is 9.97. The summed E-state index contributed by atoms with van der Waals surface area (Å²) in [5, 5.41) is 11.5. The highest BCUT2D eigenvalue weighted by atomic mass is 16.4. The number of carboxylic acid groups (broad SMARTS) is 1. The third-order valence-corrected chi connectivity index (χ3v) is 1.97. The van der Waals surface area contributed by atoms with E-state index in [9.17, 15) is 9.59 Å². The number of carbonyl (C=O) groups is 2. The third-order valence-electron chi connectivity index (χ3n) is 1.97. The molecule has 0 heterocycles. The molecule has 2 N–H and O–H groups in total. The van der Waals surface area contributed by atoms with Crippen LogP contribution in [0.4, 0.5) is 0 Å². The first-order valence-corrected chi connectivity index (χ1v) is 4.96. The van der Waals surface area contributed by atoms with E-state index in [-0.39, 0.29) is 12.5 Å². The molecule has 4 nitrogen and oxygen atoms in total. The maximum Gasteiger partial charge on any atom is 0.308 e. The molecular formula is C10H19NO3. The average molecular weight is 201 g/mol. The van der Waals surface area contributed by atoms with Gasteiger partial charge in [-0.1, -0.05) is 20.8 Å². The molecule has 0 radical (unpaired) electrons. The van der Waals surface area contributed by atoms with Crippen LogP contribution in [0.15, 0.2) is 0 Å². The van der Waals surface area contributed by atoms with E-state index in [1.165, 1.54) is 0 Å². The van der Waals surface area contributed by atoms with Gasteiger partial charge in [0.25, 0.3) is 0 Å². The van der Waals surface area contributed by atoms with Gasteiger partial charge in [0.05, 0.1) is 5.92 Å². The van der Waals surface area contributed by atoms with E-state index in [1.54, 1.807) is 6.92 Å². The first-order chi connectivity index (χ1) is 6.47. The van der Waals surface area contributed by atoms with Crippen LogP contribution in [0.1, 0.15) is 33.6 Å². The average Bonchev–Trinajstić information content (AvgIpc) is 2.10. The van der Waals surface area contributed by atoms with Gasteiger partial charge in [-0.05, 0) is 12.3 Å². The van der Waals surface area contributed by atoms with Crippen molar-refractivity contribution in [3.05, 3.63) is 0 Å². The summed E-state index contributed by atoms with van der Waals surface area (Å²) in [6.07, 6.45) is 0.993. The lowest BCUT2D eigenvalue weighted by Crippen LogP contribution is -2.33. The number of rotatable bonds is 6. The number of carboxylic acids is 1. The second-order valence-electron chi connectivity index (χ2n) is 3.82. The summed E-state index contributed by atoms with van der Waals surface area (Å²) in [7, 11) is 0. The Balaban J connectivity index is 3.97. The van der Waals surface area contributed by atoms with Crippen molar-refractivity contribution >= 4 is 11.9 Å². The van der Waals surface area contributed by atoms with Crippen molar-refractivity contribution in [2.45, 2.75) is 33.6 Å². The highest BCUT2D eigenvalue weighted by Crippen LogP contribution is 2.10. The molecule has 0 aliphatic carbocycles. The van der Waals surface area contributed by atoms with E-state index in [0.29, 0.717) is 18.8 Å². The van der Waals surface area contributed by atoms with Gasteiger partial charge in [0.2, 0.25) is 5.91 Å². The molecule has 1 amide bonds. The van der Waals surface area contributed by atoms with Crippen LogP contribution in [0.25, 0.3) is 0 Å². The second-order valence-corrected chi connectivity index (χ2v) is 3.82. The molecule has 1 atom stereocenters. The summed E-state index contributed by atoms with van der Waals surface area (Å²) >= 11 is 0. The monoisotopic (exact) mass is 201 g/mol. The van der Waals surface area contributed by atoms with E-state index in [0.717, 1.165) is 0 Å². The Labute approximate surface area is 84.7 Å². The van der Waals surface area contributed by atoms with Gasteiger partial charge in [-0.15, -0.1) is 0 Å². The molecule has 0 aromatic carbocycles.